The standard InChI is InChI=1S/C26H37FN6O/c1-18(2)26(25(34)33-13-7-20-5-4-19(16-27)14-22(20)17-33)10-6-23(15-26)32-11-8-21(9-12-32)24-28-29-30-31(24)3/h4-5,14,18,21,23H,6-13,15-17H2,1-3H3/t23?,26-/m0/s1. The lowest BCUT2D eigenvalue weighted by Gasteiger charge is -2.41. The molecule has 1 saturated heterocycles. The highest BCUT2D eigenvalue weighted by Gasteiger charge is 2.50. The minimum Gasteiger partial charge on any atom is -0.338 e. The van der Waals surface area contributed by atoms with Crippen molar-refractivity contribution in [2.75, 3.05) is 19.6 Å². The van der Waals surface area contributed by atoms with Crippen molar-refractivity contribution in [2.45, 2.75) is 77.6 Å². The molecule has 2 aromatic rings. The first-order valence-corrected chi connectivity index (χ1v) is 12.8. The Hall–Kier alpha value is -2.35. The summed E-state index contributed by atoms with van der Waals surface area (Å²) in [5.74, 6) is 2.00. The van der Waals surface area contributed by atoms with Crippen molar-refractivity contribution in [2.24, 2.45) is 18.4 Å². The zero-order valence-electron chi connectivity index (χ0n) is 20.7. The first-order chi connectivity index (χ1) is 16.4. The maximum atomic E-state index is 14.0. The van der Waals surface area contributed by atoms with E-state index in [1.165, 1.54) is 5.56 Å². The molecule has 7 nitrogen and oxygen atoms in total. The smallest absolute Gasteiger partial charge is 0.229 e. The lowest BCUT2D eigenvalue weighted by atomic mass is 9.73. The molecular formula is C26H37FN6O. The minimum atomic E-state index is -0.456. The van der Waals surface area contributed by atoms with E-state index in [-0.39, 0.29) is 5.41 Å². The number of alkyl halides is 1. The number of nitrogens with zero attached hydrogens (tertiary/aromatic N) is 6. The van der Waals surface area contributed by atoms with E-state index in [0.29, 0.717) is 35.9 Å². The highest BCUT2D eigenvalue weighted by atomic mass is 19.1. The van der Waals surface area contributed by atoms with Gasteiger partial charge in [-0.1, -0.05) is 32.0 Å². The van der Waals surface area contributed by atoms with Gasteiger partial charge in [-0.25, -0.2) is 9.07 Å². The SMILES string of the molecule is CC(C)[C@]1(C(=O)N2CCc3ccc(CF)cc3C2)CCC(N2CCC(c3nnnn3C)CC2)C1. The molecule has 1 aromatic heterocycles. The second-order valence-corrected chi connectivity index (χ2v) is 10.9. The van der Waals surface area contributed by atoms with Gasteiger partial charge in [0.15, 0.2) is 5.82 Å². The van der Waals surface area contributed by atoms with E-state index in [2.05, 4.69) is 39.2 Å². The normalized spacial score (nSPS) is 26.3. The van der Waals surface area contributed by atoms with E-state index in [9.17, 15) is 9.18 Å². The van der Waals surface area contributed by atoms with E-state index in [0.717, 1.165) is 69.5 Å². The van der Waals surface area contributed by atoms with Crippen LogP contribution < -0.4 is 0 Å². The molecule has 3 heterocycles. The highest BCUT2D eigenvalue weighted by Crippen LogP contribution is 2.48. The van der Waals surface area contributed by atoms with E-state index in [1.807, 2.05) is 25.2 Å². The van der Waals surface area contributed by atoms with Crippen LogP contribution >= 0.6 is 0 Å². The van der Waals surface area contributed by atoms with E-state index in [4.69, 9.17) is 0 Å². The lowest BCUT2D eigenvalue weighted by molar-refractivity contribution is -0.146. The van der Waals surface area contributed by atoms with Crippen LogP contribution in [0.4, 0.5) is 4.39 Å². The molecule has 34 heavy (non-hydrogen) atoms. The van der Waals surface area contributed by atoms with Gasteiger partial charge in [0.2, 0.25) is 5.91 Å². The molecule has 1 amide bonds. The zero-order chi connectivity index (χ0) is 23.9. The number of benzene rings is 1. The third kappa shape index (κ3) is 4.14. The van der Waals surface area contributed by atoms with E-state index < -0.39 is 6.67 Å². The molecule has 184 valence electrons. The topological polar surface area (TPSA) is 67.2 Å². The third-order valence-electron chi connectivity index (χ3n) is 8.84. The van der Waals surface area contributed by atoms with Crippen molar-refractivity contribution in [1.82, 2.24) is 30.0 Å². The van der Waals surface area contributed by atoms with Crippen molar-refractivity contribution in [3.8, 4) is 0 Å². The Morgan fingerprint density at radius 1 is 1.18 bits per heavy atom. The van der Waals surface area contributed by atoms with Crippen molar-refractivity contribution >= 4 is 5.91 Å². The summed E-state index contributed by atoms with van der Waals surface area (Å²) in [6.45, 7) is 7.42. The van der Waals surface area contributed by atoms with Crippen LogP contribution in [-0.4, -0.2) is 61.6 Å². The van der Waals surface area contributed by atoms with Crippen molar-refractivity contribution in [1.29, 1.82) is 0 Å². The number of piperidine rings is 1. The molecule has 0 N–H and O–H groups in total. The Morgan fingerprint density at radius 2 is 1.97 bits per heavy atom. The number of amides is 1. The van der Waals surface area contributed by atoms with Gasteiger partial charge in [0.25, 0.3) is 0 Å². The molecule has 5 rings (SSSR count). The van der Waals surface area contributed by atoms with Crippen molar-refractivity contribution in [3.05, 3.63) is 40.7 Å². The average molecular weight is 469 g/mol. The monoisotopic (exact) mass is 468 g/mol. The van der Waals surface area contributed by atoms with Gasteiger partial charge in [-0.3, -0.25) is 4.79 Å². The second-order valence-electron chi connectivity index (χ2n) is 10.9. The van der Waals surface area contributed by atoms with Gasteiger partial charge in [0.1, 0.15) is 6.67 Å². The zero-order valence-corrected chi connectivity index (χ0v) is 20.7. The highest BCUT2D eigenvalue weighted by molar-refractivity contribution is 5.84. The molecule has 2 fully saturated rings. The number of fused-ring (bicyclic) bond motifs is 1. The number of halogens is 1. The summed E-state index contributed by atoms with van der Waals surface area (Å²) in [6.07, 6.45) is 5.95. The van der Waals surface area contributed by atoms with Crippen LogP contribution in [-0.2, 0) is 31.5 Å². The predicted molar refractivity (Wildman–Crippen MR) is 128 cm³/mol. The Kier molecular flexibility index (Phi) is 6.44. The molecule has 2 atom stereocenters. The summed E-state index contributed by atoms with van der Waals surface area (Å²) in [5, 5.41) is 12.0. The van der Waals surface area contributed by atoms with Crippen LogP contribution in [0, 0.1) is 11.3 Å². The number of aromatic nitrogens is 4. The molecular weight excluding hydrogens is 431 g/mol. The average Bonchev–Trinajstić information content (AvgIpc) is 3.50. The Morgan fingerprint density at radius 3 is 2.65 bits per heavy atom. The number of hydrogen-bond acceptors (Lipinski definition) is 5. The van der Waals surface area contributed by atoms with Crippen molar-refractivity contribution < 1.29 is 9.18 Å². The number of rotatable bonds is 5. The predicted octanol–water partition coefficient (Wildman–Crippen LogP) is 3.64. The number of carbonyl (C=O) groups excluding carboxylic acids is 1. The molecule has 0 spiro atoms. The Labute approximate surface area is 201 Å². The molecule has 0 radical (unpaired) electrons. The molecule has 8 heteroatoms. The molecule has 1 saturated carbocycles. The first-order valence-electron chi connectivity index (χ1n) is 12.8. The van der Waals surface area contributed by atoms with Crippen LogP contribution in [0.5, 0.6) is 0 Å². The van der Waals surface area contributed by atoms with Crippen LogP contribution in [0.3, 0.4) is 0 Å². The van der Waals surface area contributed by atoms with Gasteiger partial charge in [0.05, 0.1) is 5.41 Å². The maximum Gasteiger partial charge on any atom is 0.229 e. The molecule has 0 bridgehead atoms. The number of aryl methyl sites for hydroxylation is 1. The molecule has 1 aromatic carbocycles. The largest absolute Gasteiger partial charge is 0.338 e. The summed E-state index contributed by atoms with van der Waals surface area (Å²) >= 11 is 0. The summed E-state index contributed by atoms with van der Waals surface area (Å²) < 4.78 is 15.0. The quantitative estimate of drug-likeness (QED) is 0.670. The summed E-state index contributed by atoms with van der Waals surface area (Å²) in [6, 6.07) is 6.32. The second kappa shape index (κ2) is 9.36. The number of tetrazole rings is 1. The van der Waals surface area contributed by atoms with E-state index in [1.54, 1.807) is 4.68 Å². The fourth-order valence-electron chi connectivity index (χ4n) is 6.61. The Balaban J connectivity index is 1.26. The lowest BCUT2D eigenvalue weighted by Crippen LogP contribution is -2.48. The van der Waals surface area contributed by atoms with Crippen LogP contribution in [0.25, 0.3) is 0 Å². The number of hydrogen-bond donors (Lipinski definition) is 0. The van der Waals surface area contributed by atoms with Crippen molar-refractivity contribution in [3.63, 3.8) is 0 Å². The fraction of sp³-hybridized carbons (Fsp3) is 0.692. The molecule has 1 aliphatic carbocycles. The number of carbonyl (C=O) groups is 1. The van der Waals surface area contributed by atoms with Gasteiger partial charge < -0.3 is 9.80 Å². The fourth-order valence-corrected chi connectivity index (χ4v) is 6.61. The van der Waals surface area contributed by atoms with Gasteiger partial charge in [-0.05, 0) is 84.6 Å². The summed E-state index contributed by atoms with van der Waals surface area (Å²) in [5.41, 5.74) is 2.77. The van der Waals surface area contributed by atoms with E-state index >= 15 is 0 Å². The molecule has 1 unspecified atom stereocenters. The summed E-state index contributed by atoms with van der Waals surface area (Å²) in [7, 11) is 1.92. The van der Waals surface area contributed by atoms with Gasteiger partial charge in [0, 0.05) is 32.1 Å². The molecule has 3 aliphatic rings. The minimum absolute atomic E-state index is 0.297. The third-order valence-corrected chi connectivity index (χ3v) is 8.84. The summed E-state index contributed by atoms with van der Waals surface area (Å²) in [4.78, 5) is 18.7. The van der Waals surface area contributed by atoms with Crippen LogP contribution in [0.1, 0.15) is 74.4 Å². The van der Waals surface area contributed by atoms with Gasteiger partial charge in [-0.15, -0.1) is 5.10 Å². The van der Waals surface area contributed by atoms with Gasteiger partial charge >= 0.3 is 0 Å². The maximum absolute atomic E-state index is 14.0. The Bertz CT molecular complexity index is 1030. The first kappa shape index (κ1) is 23.4. The molecule has 2 aliphatic heterocycles. The van der Waals surface area contributed by atoms with Crippen LogP contribution in [0.2, 0.25) is 0 Å². The van der Waals surface area contributed by atoms with Gasteiger partial charge in [-0.2, -0.15) is 0 Å². The number of likely N-dealkylation sites (tertiary alicyclic amines) is 1. The van der Waals surface area contributed by atoms with Crippen LogP contribution in [0.15, 0.2) is 18.2 Å².